The maximum Gasteiger partial charge on any atom is 0.191 e. The van der Waals surface area contributed by atoms with E-state index in [4.69, 9.17) is 9.73 Å². The number of rotatable bonds is 9. The highest BCUT2D eigenvalue weighted by Gasteiger charge is 2.22. The van der Waals surface area contributed by atoms with Crippen LogP contribution in [0.5, 0.6) is 0 Å². The lowest BCUT2D eigenvalue weighted by Crippen LogP contribution is -2.46. The SMILES string of the molecule is CCOCCCNC(=NCc1nnc(C)n1C)NC1CCCC(SC)C1.I. The fourth-order valence-electron chi connectivity index (χ4n) is 3.10. The Hall–Kier alpha value is -0.550. The van der Waals surface area contributed by atoms with Crippen LogP contribution < -0.4 is 10.6 Å². The van der Waals surface area contributed by atoms with Crippen molar-refractivity contribution in [3.63, 3.8) is 0 Å². The van der Waals surface area contributed by atoms with E-state index in [1.165, 1.54) is 25.7 Å². The molecule has 1 aromatic rings. The molecular formula is C18H35IN6OS. The third kappa shape index (κ3) is 8.55. The van der Waals surface area contributed by atoms with Crippen LogP contribution in [-0.2, 0) is 18.3 Å². The van der Waals surface area contributed by atoms with Crippen LogP contribution in [0.4, 0.5) is 0 Å². The van der Waals surface area contributed by atoms with Crippen molar-refractivity contribution < 1.29 is 4.74 Å². The van der Waals surface area contributed by atoms with E-state index in [1.54, 1.807) is 0 Å². The molecule has 0 amide bonds. The number of hydrogen-bond acceptors (Lipinski definition) is 5. The fourth-order valence-corrected chi connectivity index (χ4v) is 3.93. The van der Waals surface area contributed by atoms with E-state index in [1.807, 2.05) is 37.2 Å². The minimum atomic E-state index is 0. The number of guanidine groups is 1. The Morgan fingerprint density at radius 1 is 1.37 bits per heavy atom. The second-order valence-electron chi connectivity index (χ2n) is 6.73. The van der Waals surface area contributed by atoms with Gasteiger partial charge in [-0.05, 0) is 45.8 Å². The molecular weight excluding hydrogens is 475 g/mol. The van der Waals surface area contributed by atoms with Crippen LogP contribution in [0.25, 0.3) is 0 Å². The molecule has 1 aromatic heterocycles. The average molecular weight is 510 g/mol. The molecule has 1 fully saturated rings. The average Bonchev–Trinajstić information content (AvgIpc) is 2.98. The number of nitrogens with one attached hydrogen (secondary N) is 2. The number of aliphatic imine (C=N–C) groups is 1. The predicted molar refractivity (Wildman–Crippen MR) is 124 cm³/mol. The Morgan fingerprint density at radius 2 is 2.19 bits per heavy atom. The lowest BCUT2D eigenvalue weighted by Gasteiger charge is -2.30. The Morgan fingerprint density at radius 3 is 2.85 bits per heavy atom. The normalized spacial score (nSPS) is 20.2. The summed E-state index contributed by atoms with van der Waals surface area (Å²) in [6.07, 6.45) is 8.19. The molecule has 0 saturated heterocycles. The summed E-state index contributed by atoms with van der Waals surface area (Å²) in [6, 6.07) is 0.487. The van der Waals surface area contributed by atoms with E-state index in [-0.39, 0.29) is 24.0 Å². The molecule has 2 N–H and O–H groups in total. The van der Waals surface area contributed by atoms with Crippen molar-refractivity contribution in [2.24, 2.45) is 12.0 Å². The van der Waals surface area contributed by atoms with Gasteiger partial charge in [0, 0.05) is 38.1 Å². The molecule has 0 radical (unpaired) electrons. The van der Waals surface area contributed by atoms with Crippen molar-refractivity contribution in [1.82, 2.24) is 25.4 Å². The largest absolute Gasteiger partial charge is 0.382 e. The van der Waals surface area contributed by atoms with Crippen molar-refractivity contribution in [3.05, 3.63) is 11.6 Å². The van der Waals surface area contributed by atoms with Crippen molar-refractivity contribution >= 4 is 41.7 Å². The second kappa shape index (κ2) is 13.6. The molecule has 27 heavy (non-hydrogen) atoms. The van der Waals surface area contributed by atoms with E-state index in [2.05, 4.69) is 27.1 Å². The van der Waals surface area contributed by atoms with Crippen LogP contribution in [0.15, 0.2) is 4.99 Å². The standard InChI is InChI=1S/C18H34N6OS.HI/c1-5-25-11-7-10-19-18(20-13-17-23-22-14(2)24(17)3)21-15-8-6-9-16(12-15)26-4;/h15-16H,5-13H2,1-4H3,(H2,19,20,21);1H. The monoisotopic (exact) mass is 510 g/mol. The van der Waals surface area contributed by atoms with E-state index < -0.39 is 0 Å². The zero-order chi connectivity index (χ0) is 18.8. The Balaban J connectivity index is 0.00000364. The Labute approximate surface area is 184 Å². The van der Waals surface area contributed by atoms with Gasteiger partial charge in [-0.1, -0.05) is 6.42 Å². The molecule has 0 aromatic carbocycles. The van der Waals surface area contributed by atoms with Gasteiger partial charge in [-0.15, -0.1) is 34.2 Å². The summed E-state index contributed by atoms with van der Waals surface area (Å²) in [5, 5.41) is 16.2. The summed E-state index contributed by atoms with van der Waals surface area (Å²) in [5.74, 6) is 2.65. The predicted octanol–water partition coefficient (Wildman–Crippen LogP) is 2.88. The van der Waals surface area contributed by atoms with Gasteiger partial charge in [-0.25, -0.2) is 4.99 Å². The zero-order valence-electron chi connectivity index (χ0n) is 17.0. The van der Waals surface area contributed by atoms with Crippen molar-refractivity contribution in [2.45, 2.75) is 63.8 Å². The number of aromatic nitrogens is 3. The van der Waals surface area contributed by atoms with Crippen LogP contribution in [0.2, 0.25) is 0 Å². The molecule has 0 aliphatic heterocycles. The minimum Gasteiger partial charge on any atom is -0.382 e. The Bertz CT molecular complexity index is 568. The number of halogens is 1. The van der Waals surface area contributed by atoms with Gasteiger partial charge in [0.25, 0.3) is 0 Å². The van der Waals surface area contributed by atoms with Crippen molar-refractivity contribution in [3.8, 4) is 0 Å². The zero-order valence-corrected chi connectivity index (χ0v) is 20.2. The highest BCUT2D eigenvalue weighted by molar-refractivity contribution is 14.0. The van der Waals surface area contributed by atoms with Gasteiger partial charge in [0.05, 0.1) is 0 Å². The first-order valence-corrected chi connectivity index (χ1v) is 10.9. The first-order valence-electron chi connectivity index (χ1n) is 9.64. The van der Waals surface area contributed by atoms with Crippen molar-refractivity contribution in [1.29, 1.82) is 0 Å². The van der Waals surface area contributed by atoms with Crippen LogP contribution in [-0.4, -0.2) is 58.0 Å². The summed E-state index contributed by atoms with van der Waals surface area (Å²) in [6.45, 7) is 6.89. The summed E-state index contributed by atoms with van der Waals surface area (Å²) in [5.41, 5.74) is 0. The van der Waals surface area contributed by atoms with E-state index >= 15 is 0 Å². The molecule has 2 atom stereocenters. The topological polar surface area (TPSA) is 76.4 Å². The minimum absolute atomic E-state index is 0. The van der Waals surface area contributed by atoms with E-state index in [9.17, 15) is 0 Å². The van der Waals surface area contributed by atoms with Gasteiger partial charge in [0.2, 0.25) is 0 Å². The molecule has 2 unspecified atom stereocenters. The van der Waals surface area contributed by atoms with Crippen LogP contribution in [0.3, 0.4) is 0 Å². The molecule has 1 aliphatic carbocycles. The van der Waals surface area contributed by atoms with E-state index in [0.29, 0.717) is 12.6 Å². The first kappa shape index (κ1) is 24.5. The number of ether oxygens (including phenoxy) is 1. The molecule has 7 nitrogen and oxygen atoms in total. The number of hydrogen-bond donors (Lipinski definition) is 2. The number of thioether (sulfide) groups is 1. The van der Waals surface area contributed by atoms with Gasteiger partial charge in [0.15, 0.2) is 11.8 Å². The molecule has 1 saturated carbocycles. The van der Waals surface area contributed by atoms with Crippen molar-refractivity contribution in [2.75, 3.05) is 26.0 Å². The molecule has 0 bridgehead atoms. The molecule has 2 rings (SSSR count). The van der Waals surface area contributed by atoms with Crippen LogP contribution >= 0.6 is 35.7 Å². The summed E-state index contributed by atoms with van der Waals surface area (Å²) < 4.78 is 7.40. The molecule has 9 heteroatoms. The number of aryl methyl sites for hydroxylation is 1. The Kier molecular flexibility index (Phi) is 12.3. The molecule has 1 aliphatic rings. The summed E-state index contributed by atoms with van der Waals surface area (Å²) >= 11 is 1.98. The summed E-state index contributed by atoms with van der Waals surface area (Å²) in [7, 11) is 1.98. The van der Waals surface area contributed by atoms with Crippen LogP contribution in [0, 0.1) is 6.92 Å². The highest BCUT2D eigenvalue weighted by Crippen LogP contribution is 2.26. The van der Waals surface area contributed by atoms with Crippen LogP contribution in [0.1, 0.15) is 50.7 Å². The summed E-state index contributed by atoms with van der Waals surface area (Å²) in [4.78, 5) is 4.75. The smallest absolute Gasteiger partial charge is 0.191 e. The van der Waals surface area contributed by atoms with Gasteiger partial charge < -0.3 is 19.9 Å². The van der Waals surface area contributed by atoms with Gasteiger partial charge in [0.1, 0.15) is 12.4 Å². The van der Waals surface area contributed by atoms with E-state index in [0.717, 1.165) is 49.0 Å². The third-order valence-electron chi connectivity index (χ3n) is 4.82. The third-order valence-corrected chi connectivity index (χ3v) is 5.92. The molecule has 0 spiro atoms. The molecule has 156 valence electrons. The van der Waals surface area contributed by atoms with Gasteiger partial charge in [-0.2, -0.15) is 11.8 Å². The maximum atomic E-state index is 5.42. The number of nitrogens with zero attached hydrogens (tertiary/aromatic N) is 4. The molecule has 1 heterocycles. The highest BCUT2D eigenvalue weighted by atomic mass is 127. The quantitative estimate of drug-likeness (QED) is 0.230. The maximum absolute atomic E-state index is 5.42. The van der Waals surface area contributed by atoms with Gasteiger partial charge in [-0.3, -0.25) is 0 Å². The second-order valence-corrected chi connectivity index (χ2v) is 7.87. The fraction of sp³-hybridized carbons (Fsp3) is 0.833. The lowest BCUT2D eigenvalue weighted by molar-refractivity contribution is 0.145. The lowest BCUT2D eigenvalue weighted by atomic mass is 9.95. The van der Waals surface area contributed by atoms with Gasteiger partial charge >= 0.3 is 0 Å². The first-order chi connectivity index (χ1) is 12.6.